The average Bonchev–Trinajstić information content (AvgIpc) is 3.92. The number of hydrogen-bond donors (Lipinski definition) is 0. The van der Waals surface area contributed by atoms with Crippen LogP contribution in [0, 0.1) is 0 Å². The van der Waals surface area contributed by atoms with E-state index in [1.54, 1.807) is 0 Å². The lowest BCUT2D eigenvalue weighted by Crippen LogP contribution is -2.38. The lowest BCUT2D eigenvalue weighted by Gasteiger charge is -2.39. The molecule has 0 amide bonds. The first-order chi connectivity index (χ1) is 28.3. The Hall–Kier alpha value is -6.16. The number of anilines is 4. The van der Waals surface area contributed by atoms with Crippen molar-refractivity contribution in [2.24, 2.45) is 0 Å². The van der Waals surface area contributed by atoms with Crippen molar-refractivity contribution in [2.75, 3.05) is 9.80 Å². The van der Waals surface area contributed by atoms with Gasteiger partial charge < -0.3 is 9.80 Å². The SMILES string of the molecule is C/C=C\C1=C(C)c2ccc(N(c3ccc([Si](C)(C)C)cc3)C3/C=C\C4=C5CC5(/C=C/3)N(c3ccccc3)c3ccccc34)cc2C1(c1ccccc1)c1ccccc1. The molecule has 284 valence electrons. The van der Waals surface area contributed by atoms with Crippen molar-refractivity contribution < 1.29 is 0 Å². The van der Waals surface area contributed by atoms with Crippen molar-refractivity contribution in [3.63, 3.8) is 0 Å². The number of allylic oxidation sites excluding steroid dienone is 6. The summed E-state index contributed by atoms with van der Waals surface area (Å²) in [6.45, 7) is 11.7. The maximum Gasteiger partial charge on any atom is 0.0895 e. The van der Waals surface area contributed by atoms with Crippen LogP contribution in [0.4, 0.5) is 22.7 Å². The van der Waals surface area contributed by atoms with E-state index in [1.165, 1.54) is 78.0 Å². The Morgan fingerprint density at radius 1 is 0.672 bits per heavy atom. The molecular weight excluding hydrogens is 717 g/mol. The summed E-state index contributed by atoms with van der Waals surface area (Å²) in [5, 5.41) is 1.47. The fraction of sp³-hybridized carbons (Fsp3) is 0.164. The van der Waals surface area contributed by atoms with Gasteiger partial charge in [0.15, 0.2) is 0 Å². The summed E-state index contributed by atoms with van der Waals surface area (Å²) in [6.07, 6.45) is 15.4. The monoisotopic (exact) mass is 766 g/mol. The summed E-state index contributed by atoms with van der Waals surface area (Å²) in [5.41, 5.74) is 16.2. The molecule has 2 nitrogen and oxygen atoms in total. The Morgan fingerprint density at radius 2 is 1.29 bits per heavy atom. The average molecular weight is 767 g/mol. The van der Waals surface area contributed by atoms with Crippen LogP contribution in [-0.4, -0.2) is 19.7 Å². The first-order valence-corrected chi connectivity index (χ1v) is 24.3. The fourth-order valence-corrected chi connectivity index (χ4v) is 11.4. The van der Waals surface area contributed by atoms with Gasteiger partial charge in [-0.2, -0.15) is 0 Å². The lowest BCUT2D eigenvalue weighted by molar-refractivity contribution is 0.759. The zero-order valence-electron chi connectivity index (χ0n) is 34.2. The quantitative estimate of drug-likeness (QED) is 0.112. The van der Waals surface area contributed by atoms with Crippen molar-refractivity contribution in [1.82, 2.24) is 0 Å². The van der Waals surface area contributed by atoms with Crippen LogP contribution in [0.5, 0.6) is 0 Å². The van der Waals surface area contributed by atoms with Gasteiger partial charge in [0.1, 0.15) is 0 Å². The van der Waals surface area contributed by atoms with Crippen LogP contribution in [0.15, 0.2) is 205 Å². The van der Waals surface area contributed by atoms with Gasteiger partial charge in [0.25, 0.3) is 0 Å². The predicted octanol–water partition coefficient (Wildman–Crippen LogP) is 13.3. The molecule has 1 heterocycles. The summed E-state index contributed by atoms with van der Waals surface area (Å²) >= 11 is 0. The van der Waals surface area contributed by atoms with Crippen LogP contribution >= 0.6 is 0 Å². The van der Waals surface area contributed by atoms with Crippen LogP contribution in [0.1, 0.15) is 48.1 Å². The number of rotatable bonds is 8. The second kappa shape index (κ2) is 13.7. The van der Waals surface area contributed by atoms with E-state index < -0.39 is 13.5 Å². The third-order valence-corrected chi connectivity index (χ3v) is 15.1. The molecule has 1 saturated carbocycles. The summed E-state index contributed by atoms with van der Waals surface area (Å²) in [4.78, 5) is 5.16. The highest BCUT2D eigenvalue weighted by molar-refractivity contribution is 6.88. The standard InChI is InChI=1S/C55H50N2Si/c1-6-18-50-39(2)47-33-30-45(37-51(47)55(50,40-19-10-7-11-20-40)41-21-12-8-13-22-41)56(42-27-31-46(32-28-42)58(3,4)5)43-29-34-48-49-25-16-17-26-53(49)57(44-23-14-9-15-24-44)54(36-35-43)38-52(48)54/h6-37,43H,38H2,1-5H3/b18-6-,34-29-,36-35+. The van der Waals surface area contributed by atoms with Crippen LogP contribution in [0.25, 0.3) is 11.1 Å². The van der Waals surface area contributed by atoms with Crippen molar-refractivity contribution in [1.29, 1.82) is 0 Å². The molecule has 58 heavy (non-hydrogen) atoms. The molecule has 0 aromatic heterocycles. The summed E-state index contributed by atoms with van der Waals surface area (Å²) < 4.78 is 0. The van der Waals surface area contributed by atoms with E-state index in [1.807, 2.05) is 0 Å². The number of hydrogen-bond acceptors (Lipinski definition) is 2. The van der Waals surface area contributed by atoms with Gasteiger partial charge in [0.2, 0.25) is 0 Å². The molecule has 6 aromatic rings. The summed E-state index contributed by atoms with van der Waals surface area (Å²) in [6, 6.07) is 58.9. The second-order valence-corrected chi connectivity index (χ2v) is 22.4. The van der Waals surface area contributed by atoms with Gasteiger partial charge in [-0.1, -0.05) is 177 Å². The molecule has 0 saturated heterocycles. The molecule has 1 fully saturated rings. The summed E-state index contributed by atoms with van der Waals surface area (Å²) in [7, 11) is -1.52. The zero-order valence-corrected chi connectivity index (χ0v) is 35.2. The van der Waals surface area contributed by atoms with Crippen LogP contribution in [-0.2, 0) is 5.41 Å². The molecule has 0 radical (unpaired) electrons. The van der Waals surface area contributed by atoms with Crippen LogP contribution < -0.4 is 15.0 Å². The smallest absolute Gasteiger partial charge is 0.0895 e. The molecule has 4 aliphatic rings. The van der Waals surface area contributed by atoms with Crippen LogP contribution in [0.3, 0.4) is 0 Å². The molecule has 2 bridgehead atoms. The van der Waals surface area contributed by atoms with Gasteiger partial charge in [-0.3, -0.25) is 0 Å². The maximum absolute atomic E-state index is 2.58. The minimum absolute atomic E-state index is 0.0407. The molecule has 6 aromatic carbocycles. The summed E-state index contributed by atoms with van der Waals surface area (Å²) in [5.74, 6) is 0. The number of benzene rings is 6. The Balaban J connectivity index is 1.18. The van der Waals surface area contributed by atoms with Gasteiger partial charge in [-0.25, -0.2) is 0 Å². The largest absolute Gasteiger partial charge is 0.331 e. The van der Waals surface area contributed by atoms with Gasteiger partial charge in [0.05, 0.1) is 30.8 Å². The molecule has 2 unspecified atom stereocenters. The van der Waals surface area contributed by atoms with Crippen molar-refractivity contribution in [3.8, 4) is 0 Å². The third kappa shape index (κ3) is 5.51. The Bertz CT molecular complexity index is 2660. The first-order valence-electron chi connectivity index (χ1n) is 20.8. The predicted molar refractivity (Wildman–Crippen MR) is 250 cm³/mol. The van der Waals surface area contributed by atoms with Crippen molar-refractivity contribution >= 4 is 47.2 Å². The van der Waals surface area contributed by atoms with Gasteiger partial charge in [0, 0.05) is 29.0 Å². The molecule has 10 rings (SSSR count). The molecule has 1 aliphatic heterocycles. The minimum Gasteiger partial charge on any atom is -0.331 e. The van der Waals surface area contributed by atoms with E-state index >= 15 is 0 Å². The molecule has 3 heteroatoms. The van der Waals surface area contributed by atoms with E-state index in [0.717, 1.165) is 6.42 Å². The van der Waals surface area contributed by atoms with Gasteiger partial charge in [-0.15, -0.1) is 0 Å². The van der Waals surface area contributed by atoms with E-state index in [9.17, 15) is 0 Å². The minimum atomic E-state index is -1.52. The lowest BCUT2D eigenvalue weighted by atomic mass is 9.66. The molecule has 0 spiro atoms. The van der Waals surface area contributed by atoms with Gasteiger partial charge in [-0.05, 0) is 101 Å². The molecule has 0 N–H and O–H groups in total. The highest BCUT2D eigenvalue weighted by Gasteiger charge is 2.57. The topological polar surface area (TPSA) is 6.48 Å². The highest BCUT2D eigenvalue weighted by atomic mass is 28.3. The van der Waals surface area contributed by atoms with Crippen molar-refractivity contribution in [3.05, 3.63) is 233 Å². The number of para-hydroxylation sites is 2. The highest BCUT2D eigenvalue weighted by Crippen LogP contribution is 2.62. The third-order valence-electron chi connectivity index (χ3n) is 13.0. The molecule has 2 atom stereocenters. The number of nitrogens with zero attached hydrogens (tertiary/aromatic N) is 2. The maximum atomic E-state index is 2.58. The van der Waals surface area contributed by atoms with E-state index in [-0.39, 0.29) is 11.6 Å². The Morgan fingerprint density at radius 3 is 1.95 bits per heavy atom. The normalized spacial score (nSPS) is 21.2. The zero-order chi connectivity index (χ0) is 39.6. The first kappa shape index (κ1) is 36.2. The number of fused-ring (bicyclic) bond motifs is 3. The van der Waals surface area contributed by atoms with Gasteiger partial charge >= 0.3 is 0 Å². The van der Waals surface area contributed by atoms with Crippen LogP contribution in [0.2, 0.25) is 19.6 Å². The Labute approximate surface area is 345 Å². The van der Waals surface area contributed by atoms with Crippen molar-refractivity contribution in [2.45, 2.75) is 56.9 Å². The molecular formula is C55H50N2Si. The Kier molecular flexibility index (Phi) is 8.58. The van der Waals surface area contributed by atoms with E-state index in [4.69, 9.17) is 0 Å². The van der Waals surface area contributed by atoms with E-state index in [2.05, 4.69) is 237 Å². The van der Waals surface area contributed by atoms with E-state index in [0.29, 0.717) is 0 Å². The molecule has 3 aliphatic carbocycles. The second-order valence-electron chi connectivity index (χ2n) is 17.3. The fourth-order valence-electron chi connectivity index (χ4n) is 10.2.